The van der Waals surface area contributed by atoms with Crippen LogP contribution in [0.25, 0.3) is 5.78 Å². The lowest BCUT2D eigenvalue weighted by Crippen LogP contribution is -2.14. The summed E-state index contributed by atoms with van der Waals surface area (Å²) < 4.78 is 4.36. The number of aryl methyl sites for hydroxylation is 3. The van der Waals surface area contributed by atoms with Crippen LogP contribution < -0.4 is 0 Å². The molecule has 0 radical (unpaired) electrons. The molecule has 2 aromatic heterocycles. The molecule has 0 amide bonds. The number of hydrogen-bond acceptors (Lipinski definition) is 2. The van der Waals surface area contributed by atoms with Gasteiger partial charge in [0.2, 0.25) is 0 Å². The third-order valence-electron chi connectivity index (χ3n) is 2.89. The number of fused-ring (bicyclic) bond motifs is 3. The average molecular weight is 190 g/mol. The van der Waals surface area contributed by atoms with Crippen molar-refractivity contribution in [1.82, 2.24) is 19.2 Å². The summed E-state index contributed by atoms with van der Waals surface area (Å²) in [6.07, 6.45) is 6.72. The van der Waals surface area contributed by atoms with E-state index in [0.717, 1.165) is 30.9 Å². The van der Waals surface area contributed by atoms with Crippen molar-refractivity contribution in [3.8, 4) is 0 Å². The highest BCUT2D eigenvalue weighted by molar-refractivity contribution is 5.30. The number of aromatic nitrogens is 4. The van der Waals surface area contributed by atoms with Gasteiger partial charge < -0.3 is 0 Å². The summed E-state index contributed by atoms with van der Waals surface area (Å²) in [5.41, 5.74) is 1.13. The van der Waals surface area contributed by atoms with Gasteiger partial charge in [0, 0.05) is 13.0 Å². The largest absolute Gasteiger partial charge is 0.265 e. The van der Waals surface area contributed by atoms with Gasteiger partial charge in [0.1, 0.15) is 5.82 Å². The van der Waals surface area contributed by atoms with Gasteiger partial charge in [-0.1, -0.05) is 6.92 Å². The van der Waals surface area contributed by atoms with E-state index in [1.54, 1.807) is 0 Å². The molecular formula is C10H14N4. The first-order valence-corrected chi connectivity index (χ1v) is 5.32. The Kier molecular flexibility index (Phi) is 1.63. The fourth-order valence-electron chi connectivity index (χ4n) is 2.10. The Hall–Kier alpha value is -1.32. The molecule has 0 aliphatic carbocycles. The zero-order valence-corrected chi connectivity index (χ0v) is 8.40. The average Bonchev–Trinajstić information content (AvgIpc) is 2.73. The van der Waals surface area contributed by atoms with Gasteiger partial charge in [-0.05, 0) is 19.3 Å². The summed E-state index contributed by atoms with van der Waals surface area (Å²) in [6.45, 7) is 3.21. The lowest BCUT2D eigenvalue weighted by atomic mass is 10.2. The molecule has 4 nitrogen and oxygen atoms in total. The molecular weight excluding hydrogens is 176 g/mol. The second kappa shape index (κ2) is 2.83. The summed E-state index contributed by atoms with van der Waals surface area (Å²) in [7, 11) is 0. The van der Waals surface area contributed by atoms with E-state index in [2.05, 4.69) is 32.3 Å². The van der Waals surface area contributed by atoms with Gasteiger partial charge >= 0.3 is 0 Å². The minimum Gasteiger partial charge on any atom is -0.265 e. The minimum atomic E-state index is 0.874. The Labute approximate surface area is 82.6 Å². The maximum Gasteiger partial charge on any atom is 0.251 e. The van der Waals surface area contributed by atoms with Crippen molar-refractivity contribution >= 4 is 5.78 Å². The number of imidazole rings is 1. The van der Waals surface area contributed by atoms with E-state index in [1.807, 2.05) is 0 Å². The molecule has 0 atom stereocenters. The van der Waals surface area contributed by atoms with Gasteiger partial charge in [0.25, 0.3) is 5.78 Å². The van der Waals surface area contributed by atoms with Crippen molar-refractivity contribution in [2.75, 3.05) is 0 Å². The van der Waals surface area contributed by atoms with Crippen LogP contribution in [-0.4, -0.2) is 19.2 Å². The quantitative estimate of drug-likeness (QED) is 0.682. The molecule has 1 aliphatic heterocycles. The monoisotopic (exact) mass is 190 g/mol. The zero-order valence-electron chi connectivity index (χ0n) is 8.40. The van der Waals surface area contributed by atoms with Gasteiger partial charge in [0.05, 0.1) is 11.9 Å². The fourth-order valence-corrected chi connectivity index (χ4v) is 2.10. The van der Waals surface area contributed by atoms with Crippen LogP contribution in [0, 0.1) is 0 Å². The summed E-state index contributed by atoms with van der Waals surface area (Å²) in [5, 5.41) is 0. The van der Waals surface area contributed by atoms with E-state index in [4.69, 9.17) is 0 Å². The summed E-state index contributed by atoms with van der Waals surface area (Å²) in [4.78, 5) is 9.00. The van der Waals surface area contributed by atoms with Gasteiger partial charge in [-0.2, -0.15) is 4.98 Å². The van der Waals surface area contributed by atoms with Crippen LogP contribution in [0.3, 0.4) is 0 Å². The summed E-state index contributed by atoms with van der Waals surface area (Å²) >= 11 is 0. The molecule has 74 valence electrons. The molecule has 4 heteroatoms. The van der Waals surface area contributed by atoms with E-state index in [9.17, 15) is 0 Å². The Morgan fingerprint density at radius 1 is 1.36 bits per heavy atom. The second-order valence-electron chi connectivity index (χ2n) is 3.84. The molecule has 3 heterocycles. The SMILES string of the molecule is CCc1cn2c(n1)nc1n2CCCC1. The molecule has 0 N–H and O–H groups in total. The lowest BCUT2D eigenvalue weighted by Gasteiger charge is -2.13. The standard InChI is InChI=1S/C10H14N4/c1-2-8-7-14-10(11-8)12-9-5-3-4-6-13(9)14/h7H,2-6H2,1H3. The highest BCUT2D eigenvalue weighted by atomic mass is 15.4. The topological polar surface area (TPSA) is 35.1 Å². The molecule has 0 saturated carbocycles. The van der Waals surface area contributed by atoms with E-state index in [0.29, 0.717) is 0 Å². The molecule has 1 aliphatic rings. The Morgan fingerprint density at radius 3 is 3.14 bits per heavy atom. The van der Waals surface area contributed by atoms with Crippen molar-refractivity contribution in [3.05, 3.63) is 17.7 Å². The Morgan fingerprint density at radius 2 is 2.29 bits per heavy atom. The molecule has 0 fully saturated rings. The molecule has 0 unspecified atom stereocenters. The highest BCUT2D eigenvalue weighted by Gasteiger charge is 2.15. The fraction of sp³-hybridized carbons (Fsp3) is 0.600. The maximum atomic E-state index is 4.54. The van der Waals surface area contributed by atoms with Crippen molar-refractivity contribution in [2.24, 2.45) is 0 Å². The molecule has 2 aromatic rings. The maximum absolute atomic E-state index is 4.54. The second-order valence-corrected chi connectivity index (χ2v) is 3.84. The Balaban J connectivity index is 2.21. The normalized spacial score (nSPS) is 16.1. The first-order chi connectivity index (χ1) is 6.88. The van der Waals surface area contributed by atoms with Crippen LogP contribution in [0.2, 0.25) is 0 Å². The van der Waals surface area contributed by atoms with Gasteiger partial charge in [-0.25, -0.2) is 9.50 Å². The van der Waals surface area contributed by atoms with Crippen molar-refractivity contribution < 1.29 is 0 Å². The minimum absolute atomic E-state index is 0.874. The van der Waals surface area contributed by atoms with Crippen molar-refractivity contribution in [3.63, 3.8) is 0 Å². The van der Waals surface area contributed by atoms with Gasteiger partial charge in [0.15, 0.2) is 0 Å². The summed E-state index contributed by atoms with van der Waals surface area (Å²) in [6, 6.07) is 0. The predicted octanol–water partition coefficient (Wildman–Crippen LogP) is 1.43. The van der Waals surface area contributed by atoms with Crippen LogP contribution in [0.5, 0.6) is 0 Å². The van der Waals surface area contributed by atoms with E-state index < -0.39 is 0 Å². The molecule has 0 spiro atoms. The molecule has 14 heavy (non-hydrogen) atoms. The van der Waals surface area contributed by atoms with E-state index >= 15 is 0 Å². The number of nitrogens with zero attached hydrogens (tertiary/aromatic N) is 4. The lowest BCUT2D eigenvalue weighted by molar-refractivity contribution is 0.460. The smallest absolute Gasteiger partial charge is 0.251 e. The molecule has 0 saturated heterocycles. The zero-order chi connectivity index (χ0) is 9.54. The van der Waals surface area contributed by atoms with E-state index in [-0.39, 0.29) is 0 Å². The first kappa shape index (κ1) is 8.03. The predicted molar refractivity (Wildman–Crippen MR) is 53.3 cm³/mol. The number of rotatable bonds is 1. The van der Waals surface area contributed by atoms with E-state index in [1.165, 1.54) is 18.7 Å². The third-order valence-corrected chi connectivity index (χ3v) is 2.89. The van der Waals surface area contributed by atoms with Crippen molar-refractivity contribution in [2.45, 2.75) is 39.2 Å². The van der Waals surface area contributed by atoms with Gasteiger partial charge in [-0.15, -0.1) is 0 Å². The van der Waals surface area contributed by atoms with Crippen LogP contribution in [0.15, 0.2) is 6.20 Å². The molecule has 0 bridgehead atoms. The molecule has 3 rings (SSSR count). The van der Waals surface area contributed by atoms with Crippen LogP contribution in [0.1, 0.15) is 31.3 Å². The highest BCUT2D eigenvalue weighted by Crippen LogP contribution is 2.15. The van der Waals surface area contributed by atoms with Crippen LogP contribution in [0.4, 0.5) is 0 Å². The van der Waals surface area contributed by atoms with Crippen LogP contribution in [-0.2, 0) is 19.4 Å². The summed E-state index contributed by atoms with van der Waals surface area (Å²) in [5.74, 6) is 2.07. The van der Waals surface area contributed by atoms with Gasteiger partial charge in [-0.3, -0.25) is 4.68 Å². The Bertz CT molecular complexity index is 466. The van der Waals surface area contributed by atoms with Crippen molar-refractivity contribution in [1.29, 1.82) is 0 Å². The first-order valence-electron chi connectivity index (χ1n) is 5.32. The molecule has 0 aromatic carbocycles. The number of hydrogen-bond donors (Lipinski definition) is 0. The third kappa shape index (κ3) is 0.997. The van der Waals surface area contributed by atoms with Crippen LogP contribution >= 0.6 is 0 Å².